The molecular formula is C16H30N2O. The number of rotatable bonds is 6. The molecule has 0 bridgehead atoms. The summed E-state index contributed by atoms with van der Waals surface area (Å²) in [6.07, 6.45) is 11.1. The van der Waals surface area contributed by atoms with E-state index in [0.717, 1.165) is 18.4 Å². The minimum Gasteiger partial charge on any atom is -0.481 e. The van der Waals surface area contributed by atoms with Crippen molar-refractivity contribution in [1.82, 2.24) is 0 Å². The molecule has 3 nitrogen and oxygen atoms in total. The van der Waals surface area contributed by atoms with E-state index in [1.807, 2.05) is 20.8 Å². The van der Waals surface area contributed by atoms with Gasteiger partial charge in [0.25, 0.3) is 0 Å². The van der Waals surface area contributed by atoms with Crippen LogP contribution in [0.4, 0.5) is 0 Å². The Labute approximate surface area is 119 Å². The van der Waals surface area contributed by atoms with Crippen molar-refractivity contribution in [2.45, 2.75) is 66.3 Å². The summed E-state index contributed by atoms with van der Waals surface area (Å²) in [5, 5.41) is 0. The van der Waals surface area contributed by atoms with Crippen LogP contribution in [0, 0.1) is 12.3 Å². The van der Waals surface area contributed by atoms with Crippen molar-refractivity contribution in [3.63, 3.8) is 0 Å². The van der Waals surface area contributed by atoms with Crippen LogP contribution < -0.4 is 5.73 Å². The van der Waals surface area contributed by atoms with Gasteiger partial charge in [0, 0.05) is 25.6 Å². The fourth-order valence-electron chi connectivity index (χ4n) is 0.742. The number of terminal acetylenes is 1. The first kappa shape index (κ1) is 20.1. The van der Waals surface area contributed by atoms with E-state index in [1.165, 1.54) is 12.8 Å². The van der Waals surface area contributed by atoms with Crippen LogP contribution in [-0.4, -0.2) is 18.5 Å². The van der Waals surface area contributed by atoms with Gasteiger partial charge >= 0.3 is 0 Å². The topological polar surface area (TPSA) is 47.6 Å². The molecule has 0 amide bonds. The fraction of sp³-hybridized carbons (Fsp3) is 0.688. The van der Waals surface area contributed by atoms with Crippen molar-refractivity contribution in [1.29, 1.82) is 0 Å². The first-order valence-electron chi connectivity index (χ1n) is 7.02. The Kier molecular flexibility index (Phi) is 15.6. The Morgan fingerprint density at radius 3 is 2.37 bits per heavy atom. The molecule has 0 fully saturated rings. The molecule has 0 aliphatic carbocycles. The summed E-state index contributed by atoms with van der Waals surface area (Å²) >= 11 is 0. The maximum Gasteiger partial charge on any atom is 0.184 e. The van der Waals surface area contributed by atoms with E-state index in [4.69, 9.17) is 16.9 Å². The normalized spacial score (nSPS) is 13.1. The van der Waals surface area contributed by atoms with Crippen molar-refractivity contribution in [2.24, 2.45) is 10.7 Å². The van der Waals surface area contributed by atoms with Gasteiger partial charge < -0.3 is 10.5 Å². The standard InChI is InChI=1S/C12H20N2O.C4H10/c1-5-6-7-8-15-12(4)14-9-10(2)11(3)13;1-3-4-2/h1,9,11H,6-8,13H2,2-4H3;3-4H2,1-2H3/b10-9+,14-12?;. The van der Waals surface area contributed by atoms with Gasteiger partial charge in [0.2, 0.25) is 0 Å². The SMILES string of the molecule is C#CCCCOC(C)=N/C=C(\C)C(C)N.CCCC. The fourth-order valence-corrected chi connectivity index (χ4v) is 0.742. The number of nitrogens with zero attached hydrogens (tertiary/aromatic N) is 1. The molecule has 0 aromatic heterocycles. The van der Waals surface area contributed by atoms with Crippen molar-refractivity contribution < 1.29 is 4.74 Å². The zero-order valence-corrected chi connectivity index (χ0v) is 13.2. The lowest BCUT2D eigenvalue weighted by molar-refractivity contribution is 0.297. The smallest absolute Gasteiger partial charge is 0.184 e. The Morgan fingerprint density at radius 1 is 1.37 bits per heavy atom. The molecular weight excluding hydrogens is 236 g/mol. The highest BCUT2D eigenvalue weighted by Gasteiger charge is 1.95. The molecule has 1 atom stereocenters. The lowest BCUT2D eigenvalue weighted by Gasteiger charge is -2.04. The number of hydrogen-bond donors (Lipinski definition) is 1. The lowest BCUT2D eigenvalue weighted by Crippen LogP contribution is -2.15. The van der Waals surface area contributed by atoms with Gasteiger partial charge in [0.05, 0.1) is 6.61 Å². The predicted octanol–water partition coefficient (Wildman–Crippen LogP) is 3.89. The summed E-state index contributed by atoms with van der Waals surface area (Å²) in [5.74, 6) is 3.20. The first-order valence-corrected chi connectivity index (χ1v) is 7.02. The summed E-state index contributed by atoms with van der Waals surface area (Å²) < 4.78 is 5.34. The van der Waals surface area contributed by atoms with Gasteiger partial charge in [-0.15, -0.1) is 12.3 Å². The highest BCUT2D eigenvalue weighted by Crippen LogP contribution is 1.98. The van der Waals surface area contributed by atoms with Crippen molar-refractivity contribution in [3.8, 4) is 12.3 Å². The van der Waals surface area contributed by atoms with E-state index < -0.39 is 0 Å². The van der Waals surface area contributed by atoms with Crippen LogP contribution in [0.1, 0.15) is 60.3 Å². The minimum absolute atomic E-state index is 0.0305. The average molecular weight is 266 g/mol. The van der Waals surface area contributed by atoms with Gasteiger partial charge in [-0.3, -0.25) is 0 Å². The van der Waals surface area contributed by atoms with Gasteiger partial charge in [-0.05, 0) is 25.8 Å². The predicted molar refractivity (Wildman–Crippen MR) is 85.1 cm³/mol. The zero-order valence-electron chi connectivity index (χ0n) is 13.2. The molecule has 0 aliphatic heterocycles. The molecule has 3 heteroatoms. The molecule has 0 saturated heterocycles. The number of unbranched alkanes of at least 4 members (excludes halogenated alkanes) is 2. The monoisotopic (exact) mass is 266 g/mol. The molecule has 19 heavy (non-hydrogen) atoms. The third kappa shape index (κ3) is 16.7. The van der Waals surface area contributed by atoms with E-state index >= 15 is 0 Å². The molecule has 0 rings (SSSR count). The van der Waals surface area contributed by atoms with Crippen LogP contribution in [0.15, 0.2) is 16.8 Å². The van der Waals surface area contributed by atoms with Crippen LogP contribution in [0.25, 0.3) is 0 Å². The summed E-state index contributed by atoms with van der Waals surface area (Å²) in [6.45, 7) is 10.7. The molecule has 0 heterocycles. The molecule has 110 valence electrons. The van der Waals surface area contributed by atoms with Gasteiger partial charge in [-0.1, -0.05) is 26.7 Å². The van der Waals surface area contributed by atoms with Crippen LogP contribution in [0.5, 0.6) is 0 Å². The third-order valence-corrected chi connectivity index (χ3v) is 2.44. The Balaban J connectivity index is 0. The molecule has 0 aliphatic rings. The number of hydrogen-bond acceptors (Lipinski definition) is 3. The number of aliphatic imine (C=N–C) groups is 1. The van der Waals surface area contributed by atoms with Crippen LogP contribution >= 0.6 is 0 Å². The Hall–Kier alpha value is -1.27. The van der Waals surface area contributed by atoms with E-state index in [1.54, 1.807) is 6.20 Å². The first-order chi connectivity index (χ1) is 8.99. The number of nitrogens with two attached hydrogens (primary N) is 1. The van der Waals surface area contributed by atoms with Gasteiger partial charge in [0.1, 0.15) is 0 Å². The van der Waals surface area contributed by atoms with Crippen molar-refractivity contribution in [3.05, 3.63) is 11.8 Å². The lowest BCUT2D eigenvalue weighted by atomic mass is 10.2. The van der Waals surface area contributed by atoms with Crippen molar-refractivity contribution >= 4 is 5.90 Å². The quantitative estimate of drug-likeness (QED) is 0.343. The maximum absolute atomic E-state index is 5.66. The average Bonchev–Trinajstić information content (AvgIpc) is 2.41. The van der Waals surface area contributed by atoms with Crippen LogP contribution in [-0.2, 0) is 4.74 Å². The maximum atomic E-state index is 5.66. The second-order valence-electron chi connectivity index (χ2n) is 4.47. The van der Waals surface area contributed by atoms with Crippen LogP contribution in [0.3, 0.4) is 0 Å². The summed E-state index contributed by atoms with van der Waals surface area (Å²) in [7, 11) is 0. The second kappa shape index (κ2) is 14.8. The summed E-state index contributed by atoms with van der Waals surface area (Å²) in [4.78, 5) is 4.14. The highest BCUT2D eigenvalue weighted by atomic mass is 16.5. The van der Waals surface area contributed by atoms with Gasteiger partial charge in [-0.25, -0.2) is 4.99 Å². The molecule has 2 N–H and O–H groups in total. The molecule has 0 radical (unpaired) electrons. The summed E-state index contributed by atoms with van der Waals surface area (Å²) in [6, 6.07) is 0.0305. The second-order valence-corrected chi connectivity index (χ2v) is 4.47. The van der Waals surface area contributed by atoms with Gasteiger partial charge in [0.15, 0.2) is 5.90 Å². The van der Waals surface area contributed by atoms with E-state index in [0.29, 0.717) is 12.5 Å². The van der Waals surface area contributed by atoms with E-state index in [9.17, 15) is 0 Å². The highest BCUT2D eigenvalue weighted by molar-refractivity contribution is 5.73. The van der Waals surface area contributed by atoms with Crippen LogP contribution in [0.2, 0.25) is 0 Å². The number of ether oxygens (including phenoxy) is 1. The van der Waals surface area contributed by atoms with Crippen molar-refractivity contribution in [2.75, 3.05) is 6.61 Å². The Bertz CT molecular complexity index is 296. The molecule has 0 saturated carbocycles. The van der Waals surface area contributed by atoms with E-state index in [-0.39, 0.29) is 6.04 Å². The molecule has 0 aromatic rings. The third-order valence-electron chi connectivity index (χ3n) is 2.44. The molecule has 1 unspecified atom stereocenters. The Morgan fingerprint density at radius 2 is 1.95 bits per heavy atom. The van der Waals surface area contributed by atoms with E-state index in [2.05, 4.69) is 24.8 Å². The van der Waals surface area contributed by atoms with Gasteiger partial charge in [-0.2, -0.15) is 0 Å². The largest absolute Gasteiger partial charge is 0.481 e. The molecule has 0 aromatic carbocycles. The zero-order chi connectivity index (χ0) is 15.1. The minimum atomic E-state index is 0.0305. The summed E-state index contributed by atoms with van der Waals surface area (Å²) in [5.41, 5.74) is 6.69. The molecule has 0 spiro atoms.